The molecular formula is C14H12ClNO3S. The molecule has 1 aromatic carbocycles. The predicted molar refractivity (Wildman–Crippen MR) is 79.3 cm³/mol. The van der Waals surface area contributed by atoms with Crippen LogP contribution in [-0.2, 0) is 9.53 Å². The summed E-state index contributed by atoms with van der Waals surface area (Å²) in [5, 5.41) is 6.48. The first-order valence-electron chi connectivity index (χ1n) is 5.86. The molecule has 2 rings (SSSR count). The van der Waals surface area contributed by atoms with Gasteiger partial charge in [0.2, 0.25) is 0 Å². The first kappa shape index (κ1) is 14.6. The lowest BCUT2D eigenvalue weighted by molar-refractivity contribution is -0.123. The van der Waals surface area contributed by atoms with Gasteiger partial charge in [0.1, 0.15) is 0 Å². The molecule has 1 aromatic heterocycles. The van der Waals surface area contributed by atoms with Crippen molar-refractivity contribution in [3.05, 3.63) is 51.7 Å². The Bertz CT molecular complexity index is 613. The van der Waals surface area contributed by atoms with Gasteiger partial charge in [0.15, 0.2) is 6.10 Å². The Kier molecular flexibility index (Phi) is 4.76. The van der Waals surface area contributed by atoms with Gasteiger partial charge in [-0.25, -0.2) is 4.79 Å². The van der Waals surface area contributed by atoms with Crippen molar-refractivity contribution in [2.75, 3.05) is 5.32 Å². The van der Waals surface area contributed by atoms with Crippen LogP contribution in [-0.4, -0.2) is 18.0 Å². The minimum absolute atomic E-state index is 0.428. The summed E-state index contributed by atoms with van der Waals surface area (Å²) in [5.74, 6) is -0.949. The fourth-order valence-corrected chi connectivity index (χ4v) is 2.27. The maximum atomic E-state index is 11.9. The molecule has 4 nitrogen and oxygen atoms in total. The van der Waals surface area contributed by atoms with Crippen LogP contribution in [0.2, 0.25) is 5.02 Å². The molecule has 0 aliphatic rings. The third-order valence-corrected chi connectivity index (χ3v) is 3.55. The number of nitrogens with one attached hydrogen (secondary N) is 1. The molecule has 0 bridgehead atoms. The van der Waals surface area contributed by atoms with Crippen LogP contribution in [0.25, 0.3) is 0 Å². The number of anilines is 1. The van der Waals surface area contributed by atoms with Gasteiger partial charge in [-0.3, -0.25) is 4.79 Å². The van der Waals surface area contributed by atoms with E-state index in [1.54, 1.807) is 41.1 Å². The molecule has 1 amide bonds. The molecule has 104 valence electrons. The fourth-order valence-electron chi connectivity index (χ4n) is 1.46. The van der Waals surface area contributed by atoms with Gasteiger partial charge < -0.3 is 10.1 Å². The topological polar surface area (TPSA) is 55.4 Å². The van der Waals surface area contributed by atoms with E-state index in [0.29, 0.717) is 16.3 Å². The van der Waals surface area contributed by atoms with E-state index in [1.165, 1.54) is 18.3 Å². The molecule has 1 N–H and O–H groups in total. The van der Waals surface area contributed by atoms with Crippen LogP contribution in [0, 0.1) is 0 Å². The molecule has 6 heteroatoms. The van der Waals surface area contributed by atoms with Crippen LogP contribution in [0.5, 0.6) is 0 Å². The lowest BCUT2D eigenvalue weighted by Gasteiger charge is -2.13. The zero-order valence-electron chi connectivity index (χ0n) is 10.6. The molecule has 1 heterocycles. The van der Waals surface area contributed by atoms with E-state index in [0.717, 1.165) is 0 Å². The SMILES string of the molecule is C[C@H](OC(=O)c1ccsc1)C(=O)Nc1ccccc1Cl. The normalized spacial score (nSPS) is 11.7. The number of para-hydroxylation sites is 1. The Balaban J connectivity index is 1.96. The minimum Gasteiger partial charge on any atom is -0.449 e. The number of carbonyl (C=O) groups excluding carboxylic acids is 2. The van der Waals surface area contributed by atoms with Crippen molar-refractivity contribution in [1.82, 2.24) is 0 Å². The number of hydrogen-bond acceptors (Lipinski definition) is 4. The summed E-state index contributed by atoms with van der Waals surface area (Å²) in [6.07, 6.45) is -0.904. The van der Waals surface area contributed by atoms with E-state index in [4.69, 9.17) is 16.3 Å². The second-order valence-corrected chi connectivity index (χ2v) is 5.22. The summed E-state index contributed by atoms with van der Waals surface area (Å²) in [4.78, 5) is 23.6. The number of halogens is 1. The maximum Gasteiger partial charge on any atom is 0.339 e. The van der Waals surface area contributed by atoms with Crippen LogP contribution >= 0.6 is 22.9 Å². The minimum atomic E-state index is -0.904. The first-order valence-corrected chi connectivity index (χ1v) is 7.18. The summed E-state index contributed by atoms with van der Waals surface area (Å²) >= 11 is 7.33. The van der Waals surface area contributed by atoms with E-state index in [-0.39, 0.29) is 0 Å². The first-order chi connectivity index (χ1) is 9.58. The van der Waals surface area contributed by atoms with E-state index >= 15 is 0 Å². The highest BCUT2D eigenvalue weighted by atomic mass is 35.5. The summed E-state index contributed by atoms with van der Waals surface area (Å²) in [5.41, 5.74) is 0.921. The van der Waals surface area contributed by atoms with Crippen molar-refractivity contribution < 1.29 is 14.3 Å². The van der Waals surface area contributed by atoms with Crippen LogP contribution in [0.15, 0.2) is 41.1 Å². The second kappa shape index (κ2) is 6.54. The van der Waals surface area contributed by atoms with Gasteiger partial charge in [-0.1, -0.05) is 23.7 Å². The zero-order chi connectivity index (χ0) is 14.5. The van der Waals surface area contributed by atoms with Gasteiger partial charge in [-0.15, -0.1) is 0 Å². The zero-order valence-corrected chi connectivity index (χ0v) is 12.2. The smallest absolute Gasteiger partial charge is 0.339 e. The van der Waals surface area contributed by atoms with Gasteiger partial charge in [-0.2, -0.15) is 11.3 Å². The molecule has 20 heavy (non-hydrogen) atoms. The standard InChI is InChI=1S/C14H12ClNO3S/c1-9(19-14(18)10-6-7-20-8-10)13(17)16-12-5-3-2-4-11(12)15/h2-9H,1H3,(H,16,17)/t9-/m0/s1. The maximum absolute atomic E-state index is 11.9. The van der Waals surface area contributed by atoms with E-state index in [2.05, 4.69) is 5.32 Å². The lowest BCUT2D eigenvalue weighted by atomic mass is 10.3. The molecule has 2 aromatic rings. The largest absolute Gasteiger partial charge is 0.449 e. The molecular weight excluding hydrogens is 298 g/mol. The molecule has 0 radical (unpaired) electrons. The lowest BCUT2D eigenvalue weighted by Crippen LogP contribution is -2.30. The van der Waals surface area contributed by atoms with Crippen LogP contribution in [0.4, 0.5) is 5.69 Å². The van der Waals surface area contributed by atoms with Gasteiger partial charge in [0.25, 0.3) is 5.91 Å². The van der Waals surface area contributed by atoms with Crippen molar-refractivity contribution in [3.63, 3.8) is 0 Å². The van der Waals surface area contributed by atoms with E-state index in [9.17, 15) is 9.59 Å². The Morgan fingerprint density at radius 3 is 2.70 bits per heavy atom. The van der Waals surface area contributed by atoms with Crippen molar-refractivity contribution >= 4 is 40.5 Å². The summed E-state index contributed by atoms with van der Waals surface area (Å²) in [6.45, 7) is 1.51. The summed E-state index contributed by atoms with van der Waals surface area (Å²) in [6, 6.07) is 8.50. The van der Waals surface area contributed by atoms with Crippen molar-refractivity contribution in [2.45, 2.75) is 13.0 Å². The number of esters is 1. The fraction of sp³-hybridized carbons (Fsp3) is 0.143. The van der Waals surface area contributed by atoms with Crippen molar-refractivity contribution in [1.29, 1.82) is 0 Å². The van der Waals surface area contributed by atoms with E-state index < -0.39 is 18.0 Å². The number of benzene rings is 1. The molecule has 0 aliphatic heterocycles. The third-order valence-electron chi connectivity index (χ3n) is 2.54. The third kappa shape index (κ3) is 3.59. The quantitative estimate of drug-likeness (QED) is 0.878. The Morgan fingerprint density at radius 1 is 1.30 bits per heavy atom. The predicted octanol–water partition coefficient (Wildman–Crippen LogP) is 3.59. The van der Waals surface area contributed by atoms with Gasteiger partial charge in [0, 0.05) is 5.38 Å². The highest BCUT2D eigenvalue weighted by Crippen LogP contribution is 2.20. The second-order valence-electron chi connectivity index (χ2n) is 4.03. The highest BCUT2D eigenvalue weighted by Gasteiger charge is 2.19. The average molecular weight is 310 g/mol. The summed E-state index contributed by atoms with van der Waals surface area (Å²) < 4.78 is 5.08. The number of hydrogen-bond donors (Lipinski definition) is 1. The van der Waals surface area contributed by atoms with E-state index in [1.807, 2.05) is 0 Å². The number of ether oxygens (including phenoxy) is 1. The van der Waals surface area contributed by atoms with Crippen molar-refractivity contribution in [3.8, 4) is 0 Å². The number of thiophene rings is 1. The molecule has 0 saturated carbocycles. The van der Waals surface area contributed by atoms with Gasteiger partial charge >= 0.3 is 5.97 Å². The number of carbonyl (C=O) groups is 2. The average Bonchev–Trinajstić information content (AvgIpc) is 2.95. The molecule has 0 spiro atoms. The molecule has 0 unspecified atom stereocenters. The molecule has 0 aliphatic carbocycles. The highest BCUT2D eigenvalue weighted by molar-refractivity contribution is 7.08. The molecule has 1 atom stereocenters. The van der Waals surface area contributed by atoms with Gasteiger partial charge in [0.05, 0.1) is 16.3 Å². The van der Waals surface area contributed by atoms with Crippen LogP contribution in [0.3, 0.4) is 0 Å². The molecule has 0 fully saturated rings. The Labute approximate surface area is 125 Å². The Morgan fingerprint density at radius 2 is 2.05 bits per heavy atom. The van der Waals surface area contributed by atoms with Crippen LogP contribution in [0.1, 0.15) is 17.3 Å². The van der Waals surface area contributed by atoms with Crippen LogP contribution < -0.4 is 5.32 Å². The Hall–Kier alpha value is -1.85. The number of rotatable bonds is 4. The summed E-state index contributed by atoms with van der Waals surface area (Å²) in [7, 11) is 0. The van der Waals surface area contributed by atoms with Crippen molar-refractivity contribution in [2.24, 2.45) is 0 Å². The number of amides is 1. The van der Waals surface area contributed by atoms with Gasteiger partial charge in [-0.05, 0) is 30.5 Å². The molecule has 0 saturated heterocycles. The monoisotopic (exact) mass is 309 g/mol.